The summed E-state index contributed by atoms with van der Waals surface area (Å²) in [4.78, 5) is 2.25. The molecule has 1 fully saturated rings. The summed E-state index contributed by atoms with van der Waals surface area (Å²) in [5.74, 6) is 0. The quantitative estimate of drug-likeness (QED) is 0.661. The van der Waals surface area contributed by atoms with Crippen LogP contribution in [0.3, 0.4) is 0 Å². The van der Waals surface area contributed by atoms with Gasteiger partial charge in [-0.3, -0.25) is 4.90 Å². The van der Waals surface area contributed by atoms with Crippen molar-refractivity contribution in [2.75, 3.05) is 46.1 Å². The second kappa shape index (κ2) is 8.93. The molecule has 0 spiro atoms. The lowest BCUT2D eigenvalue weighted by atomic mass is 10.3. The van der Waals surface area contributed by atoms with E-state index >= 15 is 0 Å². The summed E-state index contributed by atoms with van der Waals surface area (Å²) in [5, 5.41) is 9.79. The molecule has 1 unspecified atom stereocenters. The third-order valence-electron chi connectivity index (χ3n) is 2.74. The van der Waals surface area contributed by atoms with Crippen molar-refractivity contribution in [3.63, 3.8) is 0 Å². The van der Waals surface area contributed by atoms with Gasteiger partial charge in [0, 0.05) is 32.8 Å². The summed E-state index contributed by atoms with van der Waals surface area (Å²) in [7, 11) is 0. The van der Waals surface area contributed by atoms with Crippen molar-refractivity contribution >= 4 is 0 Å². The van der Waals surface area contributed by atoms with Crippen LogP contribution in [0, 0.1) is 0 Å². The van der Waals surface area contributed by atoms with Crippen LogP contribution in [0.2, 0.25) is 0 Å². The first kappa shape index (κ1) is 13.9. The highest BCUT2D eigenvalue weighted by molar-refractivity contribution is 4.66. The van der Waals surface area contributed by atoms with Gasteiger partial charge < -0.3 is 14.6 Å². The van der Waals surface area contributed by atoms with Gasteiger partial charge in [-0.15, -0.1) is 0 Å². The van der Waals surface area contributed by atoms with Gasteiger partial charge in [0.1, 0.15) is 0 Å². The monoisotopic (exact) mass is 231 g/mol. The number of nitrogens with zero attached hydrogens (tertiary/aromatic N) is 1. The van der Waals surface area contributed by atoms with Crippen LogP contribution in [-0.4, -0.2) is 62.2 Å². The first-order chi connectivity index (χ1) is 7.83. The topological polar surface area (TPSA) is 41.9 Å². The zero-order valence-corrected chi connectivity index (χ0v) is 10.4. The van der Waals surface area contributed by atoms with E-state index in [1.54, 1.807) is 0 Å². The van der Waals surface area contributed by atoms with Crippen molar-refractivity contribution in [3.8, 4) is 0 Å². The number of ether oxygens (including phenoxy) is 2. The number of aliphatic hydroxyl groups excluding tert-OH is 1. The number of hydrogen-bond donors (Lipinski definition) is 1. The highest BCUT2D eigenvalue weighted by Gasteiger charge is 2.13. The van der Waals surface area contributed by atoms with Gasteiger partial charge >= 0.3 is 0 Å². The minimum atomic E-state index is -0.366. The molecule has 1 heterocycles. The molecule has 4 nitrogen and oxygen atoms in total. The Morgan fingerprint density at radius 2 is 2.25 bits per heavy atom. The first-order valence-corrected chi connectivity index (χ1v) is 6.39. The minimum Gasteiger partial charge on any atom is -0.389 e. The Hall–Kier alpha value is -0.160. The van der Waals surface area contributed by atoms with Crippen molar-refractivity contribution in [1.29, 1.82) is 0 Å². The van der Waals surface area contributed by atoms with Crippen molar-refractivity contribution in [1.82, 2.24) is 4.90 Å². The Kier molecular flexibility index (Phi) is 7.76. The number of β-amino-alcohol motifs (C(OH)–C–C–N with tert-alkyl or cyclic N) is 1. The van der Waals surface area contributed by atoms with Crippen LogP contribution in [0.1, 0.15) is 26.2 Å². The molecule has 0 radical (unpaired) electrons. The van der Waals surface area contributed by atoms with Crippen molar-refractivity contribution in [3.05, 3.63) is 0 Å². The molecule has 1 rings (SSSR count). The van der Waals surface area contributed by atoms with Gasteiger partial charge in [0.05, 0.1) is 19.3 Å². The first-order valence-electron chi connectivity index (χ1n) is 6.39. The standard InChI is InChI=1S/C12H25NO3/c1-2-3-7-16-11-12(14)10-13-5-4-8-15-9-6-13/h12,14H,2-11H2,1H3. The van der Waals surface area contributed by atoms with Gasteiger partial charge in [-0.25, -0.2) is 0 Å². The minimum absolute atomic E-state index is 0.366. The molecule has 0 saturated carbocycles. The molecule has 0 bridgehead atoms. The van der Waals surface area contributed by atoms with Crippen LogP contribution >= 0.6 is 0 Å². The highest BCUT2D eigenvalue weighted by Crippen LogP contribution is 2.01. The average Bonchev–Trinajstić information content (AvgIpc) is 2.53. The lowest BCUT2D eigenvalue weighted by molar-refractivity contribution is 0.0154. The molecule has 0 aromatic rings. The zero-order valence-electron chi connectivity index (χ0n) is 10.4. The number of rotatable bonds is 7. The molecule has 16 heavy (non-hydrogen) atoms. The summed E-state index contributed by atoms with van der Waals surface area (Å²) < 4.78 is 10.8. The Bertz CT molecular complexity index is 158. The molecule has 96 valence electrons. The SMILES string of the molecule is CCCCOCC(O)CN1CCCOCC1. The van der Waals surface area contributed by atoms with Gasteiger partial charge in [0.15, 0.2) is 0 Å². The van der Waals surface area contributed by atoms with E-state index in [1.807, 2.05) is 0 Å². The van der Waals surface area contributed by atoms with E-state index in [2.05, 4.69) is 11.8 Å². The Morgan fingerprint density at radius 3 is 3.06 bits per heavy atom. The summed E-state index contributed by atoms with van der Waals surface area (Å²) >= 11 is 0. The molecular formula is C12H25NO3. The second-order valence-corrected chi connectivity index (χ2v) is 4.35. The molecule has 0 amide bonds. The summed E-state index contributed by atoms with van der Waals surface area (Å²) in [5.41, 5.74) is 0. The molecule has 1 atom stereocenters. The largest absolute Gasteiger partial charge is 0.389 e. The number of aliphatic hydroxyl groups is 1. The van der Waals surface area contributed by atoms with E-state index in [4.69, 9.17) is 9.47 Å². The number of unbranched alkanes of at least 4 members (excludes halogenated alkanes) is 1. The predicted octanol–water partition coefficient (Wildman–Crippen LogP) is 0.886. The third kappa shape index (κ3) is 6.43. The molecule has 1 aliphatic heterocycles. The summed E-state index contributed by atoms with van der Waals surface area (Å²) in [6.45, 7) is 7.63. The predicted molar refractivity (Wildman–Crippen MR) is 63.6 cm³/mol. The van der Waals surface area contributed by atoms with Crippen LogP contribution in [-0.2, 0) is 9.47 Å². The molecule has 0 aliphatic carbocycles. The van der Waals surface area contributed by atoms with E-state index in [-0.39, 0.29) is 6.10 Å². The molecule has 4 heteroatoms. The van der Waals surface area contributed by atoms with Crippen LogP contribution in [0.25, 0.3) is 0 Å². The van der Waals surface area contributed by atoms with Gasteiger partial charge in [-0.1, -0.05) is 13.3 Å². The van der Waals surface area contributed by atoms with E-state index in [0.29, 0.717) is 13.2 Å². The smallest absolute Gasteiger partial charge is 0.0900 e. The lowest BCUT2D eigenvalue weighted by Crippen LogP contribution is -2.36. The maximum atomic E-state index is 9.79. The Morgan fingerprint density at radius 1 is 1.38 bits per heavy atom. The van der Waals surface area contributed by atoms with E-state index < -0.39 is 0 Å². The summed E-state index contributed by atoms with van der Waals surface area (Å²) in [6.07, 6.45) is 2.91. The third-order valence-corrected chi connectivity index (χ3v) is 2.74. The van der Waals surface area contributed by atoms with Gasteiger partial charge in [-0.05, 0) is 12.8 Å². The fourth-order valence-electron chi connectivity index (χ4n) is 1.80. The number of hydrogen-bond acceptors (Lipinski definition) is 4. The Balaban J connectivity index is 2.04. The molecule has 1 N–H and O–H groups in total. The molecule has 0 aromatic heterocycles. The molecule has 0 aromatic carbocycles. The van der Waals surface area contributed by atoms with Crippen molar-refractivity contribution in [2.45, 2.75) is 32.3 Å². The van der Waals surface area contributed by atoms with Crippen molar-refractivity contribution in [2.24, 2.45) is 0 Å². The van der Waals surface area contributed by atoms with Crippen LogP contribution < -0.4 is 0 Å². The fraction of sp³-hybridized carbons (Fsp3) is 1.00. The summed E-state index contributed by atoms with van der Waals surface area (Å²) in [6, 6.07) is 0. The molecule has 1 aliphatic rings. The normalized spacial score (nSPS) is 20.6. The molecular weight excluding hydrogens is 206 g/mol. The Labute approximate surface area is 98.5 Å². The maximum Gasteiger partial charge on any atom is 0.0900 e. The van der Waals surface area contributed by atoms with Crippen LogP contribution in [0.4, 0.5) is 0 Å². The van der Waals surface area contributed by atoms with Gasteiger partial charge in [-0.2, -0.15) is 0 Å². The zero-order chi connectivity index (χ0) is 11.6. The highest BCUT2D eigenvalue weighted by atomic mass is 16.5. The van der Waals surface area contributed by atoms with Crippen molar-refractivity contribution < 1.29 is 14.6 Å². The van der Waals surface area contributed by atoms with Crippen LogP contribution in [0.15, 0.2) is 0 Å². The van der Waals surface area contributed by atoms with Crippen LogP contribution in [0.5, 0.6) is 0 Å². The van der Waals surface area contributed by atoms with Gasteiger partial charge in [0.2, 0.25) is 0 Å². The van der Waals surface area contributed by atoms with E-state index in [0.717, 1.165) is 52.2 Å². The van der Waals surface area contributed by atoms with E-state index in [1.165, 1.54) is 0 Å². The molecule has 1 saturated heterocycles. The second-order valence-electron chi connectivity index (χ2n) is 4.35. The fourth-order valence-corrected chi connectivity index (χ4v) is 1.80. The lowest BCUT2D eigenvalue weighted by Gasteiger charge is -2.22. The average molecular weight is 231 g/mol. The maximum absolute atomic E-state index is 9.79. The van der Waals surface area contributed by atoms with Gasteiger partial charge in [0.25, 0.3) is 0 Å². The van der Waals surface area contributed by atoms with E-state index in [9.17, 15) is 5.11 Å².